The summed E-state index contributed by atoms with van der Waals surface area (Å²) in [6.07, 6.45) is 2.78. The molecule has 28 heavy (non-hydrogen) atoms. The van der Waals surface area contributed by atoms with E-state index >= 15 is 0 Å². The van der Waals surface area contributed by atoms with Gasteiger partial charge in [0.1, 0.15) is 4.83 Å². The Balaban J connectivity index is 1.84. The van der Waals surface area contributed by atoms with E-state index in [9.17, 15) is 14.4 Å². The minimum atomic E-state index is -0.485. The van der Waals surface area contributed by atoms with Gasteiger partial charge >= 0.3 is 5.69 Å². The summed E-state index contributed by atoms with van der Waals surface area (Å²) in [5.74, 6) is 0.162. The number of nitrogens with zero attached hydrogens (tertiary/aromatic N) is 3. The number of aromatic nitrogens is 4. The maximum atomic E-state index is 12.7. The highest BCUT2D eigenvalue weighted by molar-refractivity contribution is 7.18. The number of H-pyrrole nitrogens is 1. The van der Waals surface area contributed by atoms with Crippen molar-refractivity contribution in [2.75, 3.05) is 0 Å². The van der Waals surface area contributed by atoms with Gasteiger partial charge in [0.15, 0.2) is 5.82 Å². The van der Waals surface area contributed by atoms with E-state index in [0.29, 0.717) is 10.2 Å². The zero-order valence-corrected chi connectivity index (χ0v) is 17.1. The second kappa shape index (κ2) is 7.01. The zero-order valence-electron chi connectivity index (χ0n) is 14.7. The Morgan fingerprint density at radius 3 is 2.75 bits per heavy atom. The summed E-state index contributed by atoms with van der Waals surface area (Å²) in [6, 6.07) is 3.87. The summed E-state index contributed by atoms with van der Waals surface area (Å²) in [7, 11) is 2.93. The lowest BCUT2D eigenvalue weighted by Crippen LogP contribution is -2.37. The summed E-state index contributed by atoms with van der Waals surface area (Å²) in [4.78, 5) is 45.4. The maximum Gasteiger partial charge on any atom is 0.330 e. The molecule has 0 saturated carbocycles. The molecule has 4 rings (SSSR count). The predicted molar refractivity (Wildman–Crippen MR) is 114 cm³/mol. The Labute approximate surface area is 170 Å². The molecule has 4 heterocycles. The van der Waals surface area contributed by atoms with Crippen LogP contribution in [0.25, 0.3) is 31.8 Å². The molecule has 4 aromatic rings. The summed E-state index contributed by atoms with van der Waals surface area (Å²) in [5, 5.41) is 4.45. The zero-order chi connectivity index (χ0) is 20.0. The lowest BCUT2D eigenvalue weighted by Gasteiger charge is -2.04. The van der Waals surface area contributed by atoms with Gasteiger partial charge in [-0.2, -0.15) is 0 Å². The molecule has 1 N–H and O–H groups in total. The first-order chi connectivity index (χ1) is 13.4. The maximum absolute atomic E-state index is 12.7. The quantitative estimate of drug-likeness (QED) is 0.539. The van der Waals surface area contributed by atoms with Crippen LogP contribution >= 0.6 is 34.3 Å². The molecule has 0 saturated heterocycles. The van der Waals surface area contributed by atoms with E-state index in [1.807, 2.05) is 22.9 Å². The van der Waals surface area contributed by atoms with Crippen LogP contribution in [0.5, 0.6) is 0 Å². The van der Waals surface area contributed by atoms with Crippen molar-refractivity contribution < 1.29 is 0 Å². The Bertz CT molecular complexity index is 1410. The third-order valence-electron chi connectivity index (χ3n) is 4.21. The minimum absolute atomic E-state index is 0.0980. The third-order valence-corrected chi connectivity index (χ3v) is 6.28. The standard InChI is InChI=1S/C18H13ClN4O3S2/c1-22-7-9(17(25)23(2)18(22)26)6-11(19)14-20-15(24)13-10(8-28-16(13)21-14)12-4-3-5-27-12/h3-8H,1-2H3,(H,20,21,24)/b11-6-. The Kier molecular flexibility index (Phi) is 4.66. The Morgan fingerprint density at radius 1 is 1.25 bits per heavy atom. The molecule has 0 aliphatic rings. The molecule has 0 amide bonds. The summed E-state index contributed by atoms with van der Waals surface area (Å²) in [6.45, 7) is 0. The normalized spacial score (nSPS) is 12.0. The molecule has 142 valence electrons. The van der Waals surface area contributed by atoms with E-state index in [1.54, 1.807) is 11.3 Å². The van der Waals surface area contributed by atoms with Gasteiger partial charge in [0.25, 0.3) is 11.1 Å². The summed E-state index contributed by atoms with van der Waals surface area (Å²) >= 11 is 9.23. The SMILES string of the molecule is Cn1cc(/C=C(\Cl)c2nc3scc(-c4cccs4)c3c(=O)[nH]2)c(=O)n(C)c1=O. The average Bonchev–Trinajstić information content (AvgIpc) is 3.33. The van der Waals surface area contributed by atoms with Crippen molar-refractivity contribution in [3.63, 3.8) is 0 Å². The van der Waals surface area contributed by atoms with Crippen molar-refractivity contribution in [1.82, 2.24) is 19.1 Å². The Hall–Kier alpha value is -2.75. The molecule has 0 aliphatic carbocycles. The molecule has 0 fully saturated rings. The first-order valence-corrected chi connectivity index (χ1v) is 10.2. The second-order valence-electron chi connectivity index (χ2n) is 6.06. The van der Waals surface area contributed by atoms with Gasteiger partial charge in [0.05, 0.1) is 16.0 Å². The lowest BCUT2D eigenvalue weighted by molar-refractivity contribution is 0.683. The fourth-order valence-corrected chi connectivity index (χ4v) is 4.78. The molecule has 4 aromatic heterocycles. The second-order valence-corrected chi connectivity index (χ2v) is 8.27. The van der Waals surface area contributed by atoms with Crippen LogP contribution in [0.2, 0.25) is 0 Å². The monoisotopic (exact) mass is 432 g/mol. The van der Waals surface area contributed by atoms with Crippen molar-refractivity contribution in [2.24, 2.45) is 14.1 Å². The molecule has 0 atom stereocenters. The molecular formula is C18H13ClN4O3S2. The number of fused-ring (bicyclic) bond motifs is 1. The number of hydrogen-bond acceptors (Lipinski definition) is 6. The molecule has 0 unspecified atom stereocenters. The molecule has 10 heteroatoms. The van der Waals surface area contributed by atoms with Crippen molar-refractivity contribution in [2.45, 2.75) is 0 Å². The van der Waals surface area contributed by atoms with Crippen LogP contribution in [0, 0.1) is 0 Å². The number of hydrogen-bond donors (Lipinski definition) is 1. The van der Waals surface area contributed by atoms with Crippen molar-refractivity contribution in [3.05, 3.63) is 71.7 Å². The molecule has 0 aromatic carbocycles. The first-order valence-electron chi connectivity index (χ1n) is 8.06. The van der Waals surface area contributed by atoms with Crippen LogP contribution in [0.3, 0.4) is 0 Å². The van der Waals surface area contributed by atoms with Gasteiger partial charge in [-0.15, -0.1) is 22.7 Å². The van der Waals surface area contributed by atoms with Gasteiger partial charge in [-0.1, -0.05) is 17.7 Å². The largest absolute Gasteiger partial charge is 0.330 e. The Morgan fingerprint density at radius 2 is 2.04 bits per heavy atom. The highest BCUT2D eigenvalue weighted by Gasteiger charge is 2.15. The van der Waals surface area contributed by atoms with Crippen LogP contribution in [0.1, 0.15) is 11.4 Å². The van der Waals surface area contributed by atoms with Gasteiger partial charge in [0, 0.05) is 36.1 Å². The fraction of sp³-hybridized carbons (Fsp3) is 0.111. The molecule has 0 bridgehead atoms. The predicted octanol–water partition coefficient (Wildman–Crippen LogP) is 2.85. The van der Waals surface area contributed by atoms with Crippen LogP contribution in [0.4, 0.5) is 0 Å². The number of thiophene rings is 2. The van der Waals surface area contributed by atoms with Crippen molar-refractivity contribution in [3.8, 4) is 10.4 Å². The summed E-state index contributed by atoms with van der Waals surface area (Å²) in [5.41, 5.74) is -0.179. The van der Waals surface area contributed by atoms with Gasteiger partial charge in [-0.05, 0) is 17.5 Å². The van der Waals surface area contributed by atoms with Crippen molar-refractivity contribution >= 4 is 55.6 Å². The molecule has 7 nitrogen and oxygen atoms in total. The van der Waals surface area contributed by atoms with Gasteiger partial charge < -0.3 is 9.55 Å². The molecule has 0 spiro atoms. The van der Waals surface area contributed by atoms with Crippen LogP contribution in [0.15, 0.2) is 43.5 Å². The van der Waals surface area contributed by atoms with E-state index in [2.05, 4.69) is 9.97 Å². The van der Waals surface area contributed by atoms with E-state index in [4.69, 9.17) is 11.6 Å². The van der Waals surface area contributed by atoms with Crippen LogP contribution in [-0.2, 0) is 14.1 Å². The third kappa shape index (κ3) is 3.07. The lowest BCUT2D eigenvalue weighted by atomic mass is 10.2. The molecule has 0 radical (unpaired) electrons. The van der Waals surface area contributed by atoms with Crippen LogP contribution in [-0.4, -0.2) is 19.1 Å². The summed E-state index contributed by atoms with van der Waals surface area (Å²) < 4.78 is 2.27. The highest BCUT2D eigenvalue weighted by atomic mass is 35.5. The number of nitrogens with one attached hydrogen (secondary N) is 1. The van der Waals surface area contributed by atoms with Gasteiger partial charge in [-0.3, -0.25) is 14.2 Å². The van der Waals surface area contributed by atoms with Gasteiger partial charge in [-0.25, -0.2) is 9.78 Å². The first kappa shape index (κ1) is 18.6. The average molecular weight is 433 g/mol. The fourth-order valence-electron chi connectivity index (χ4n) is 2.82. The number of aryl methyl sites for hydroxylation is 1. The highest BCUT2D eigenvalue weighted by Crippen LogP contribution is 2.34. The van der Waals surface area contributed by atoms with Crippen molar-refractivity contribution in [1.29, 1.82) is 0 Å². The number of aromatic amines is 1. The van der Waals surface area contributed by atoms with Gasteiger partial charge in [0.2, 0.25) is 0 Å². The molecular weight excluding hydrogens is 420 g/mol. The van der Waals surface area contributed by atoms with E-state index < -0.39 is 11.2 Å². The van der Waals surface area contributed by atoms with E-state index in [0.717, 1.165) is 15.0 Å². The van der Waals surface area contributed by atoms with E-state index in [-0.39, 0.29) is 22.0 Å². The number of rotatable bonds is 3. The van der Waals surface area contributed by atoms with E-state index in [1.165, 1.54) is 42.3 Å². The topological polar surface area (TPSA) is 89.8 Å². The smallest absolute Gasteiger partial charge is 0.305 e. The van der Waals surface area contributed by atoms with Crippen LogP contribution < -0.4 is 16.8 Å². The molecule has 0 aliphatic heterocycles. The minimum Gasteiger partial charge on any atom is -0.305 e. The number of halogens is 1.